The number of rotatable bonds is 1. The molecule has 0 radical (unpaired) electrons. The molecular formula is C15H22O3. The average molecular weight is 250 g/mol. The molecule has 100 valence electrons. The zero-order valence-electron chi connectivity index (χ0n) is 11.4. The molecule has 0 amide bonds. The van der Waals surface area contributed by atoms with Crippen LogP contribution in [-0.4, -0.2) is 27.2 Å². The van der Waals surface area contributed by atoms with Gasteiger partial charge in [0.15, 0.2) is 5.78 Å². The van der Waals surface area contributed by atoms with E-state index in [1.54, 1.807) is 13.0 Å². The van der Waals surface area contributed by atoms with Crippen LogP contribution in [0.3, 0.4) is 0 Å². The highest BCUT2D eigenvalue weighted by atomic mass is 16.3. The van der Waals surface area contributed by atoms with Gasteiger partial charge in [0.2, 0.25) is 0 Å². The van der Waals surface area contributed by atoms with Crippen molar-refractivity contribution in [3.8, 4) is 0 Å². The second kappa shape index (κ2) is 4.04. The summed E-state index contributed by atoms with van der Waals surface area (Å²) in [7, 11) is 0. The largest absolute Gasteiger partial charge is 0.389 e. The van der Waals surface area contributed by atoms with Gasteiger partial charge in [-0.2, -0.15) is 0 Å². The summed E-state index contributed by atoms with van der Waals surface area (Å²) in [6.45, 7) is 9.30. The lowest BCUT2D eigenvalue weighted by Crippen LogP contribution is -2.62. The summed E-state index contributed by atoms with van der Waals surface area (Å²) in [5.41, 5.74) is -0.544. The zero-order valence-corrected chi connectivity index (χ0v) is 11.4. The molecule has 4 atom stereocenters. The SMILES string of the molecule is C=C1CC[C@@]2(O)C[C@@H]1[C@](C)(O)C(=O)[C@H]2C=C(C)C. The Kier molecular flexibility index (Phi) is 3.03. The normalized spacial score (nSPS) is 43.8. The molecule has 0 unspecified atom stereocenters. The summed E-state index contributed by atoms with van der Waals surface area (Å²) in [6, 6.07) is 0. The molecule has 0 spiro atoms. The number of aliphatic hydroxyl groups is 2. The number of carbonyl (C=O) groups is 1. The predicted molar refractivity (Wildman–Crippen MR) is 70.0 cm³/mol. The monoisotopic (exact) mass is 250 g/mol. The molecule has 0 heterocycles. The summed E-state index contributed by atoms with van der Waals surface area (Å²) < 4.78 is 0. The van der Waals surface area contributed by atoms with Crippen LogP contribution >= 0.6 is 0 Å². The van der Waals surface area contributed by atoms with Crippen LogP contribution in [0.15, 0.2) is 23.8 Å². The Labute approximate surface area is 108 Å². The van der Waals surface area contributed by atoms with Crippen LogP contribution in [0.4, 0.5) is 0 Å². The standard InChI is InChI=1S/C15H22O3/c1-9(2)7-11-13(16)14(4,17)12-8-15(11,18)6-5-10(12)3/h7,11-12,17-18H,3,5-6,8H2,1-2,4H3/t11-,12+,14+,15-/m1/s1. The van der Waals surface area contributed by atoms with Crippen molar-refractivity contribution in [1.82, 2.24) is 0 Å². The average Bonchev–Trinajstić information content (AvgIpc) is 2.26. The van der Waals surface area contributed by atoms with E-state index in [-0.39, 0.29) is 11.7 Å². The predicted octanol–water partition coefficient (Wildman–Crippen LogP) is 1.99. The number of carbonyl (C=O) groups excluding carboxylic acids is 1. The molecule has 0 aromatic rings. The van der Waals surface area contributed by atoms with Crippen LogP contribution in [0.2, 0.25) is 0 Å². The first kappa shape index (κ1) is 13.5. The maximum absolute atomic E-state index is 12.5. The van der Waals surface area contributed by atoms with E-state index in [9.17, 15) is 15.0 Å². The van der Waals surface area contributed by atoms with Crippen molar-refractivity contribution >= 4 is 5.78 Å². The summed E-state index contributed by atoms with van der Waals surface area (Å²) in [4.78, 5) is 12.5. The third-order valence-corrected chi connectivity index (χ3v) is 4.47. The number of Topliss-reactive ketones (excluding diaryl/α,β-unsaturated/α-hetero) is 1. The lowest BCUT2D eigenvalue weighted by atomic mass is 9.56. The van der Waals surface area contributed by atoms with Crippen molar-refractivity contribution in [3.63, 3.8) is 0 Å². The fourth-order valence-corrected chi connectivity index (χ4v) is 3.32. The van der Waals surface area contributed by atoms with Crippen molar-refractivity contribution in [2.75, 3.05) is 0 Å². The van der Waals surface area contributed by atoms with E-state index < -0.39 is 17.1 Å². The first-order chi connectivity index (χ1) is 8.18. The quantitative estimate of drug-likeness (QED) is 0.700. The molecule has 2 aliphatic carbocycles. The molecule has 3 nitrogen and oxygen atoms in total. The van der Waals surface area contributed by atoms with Gasteiger partial charge >= 0.3 is 0 Å². The fourth-order valence-electron chi connectivity index (χ4n) is 3.32. The number of hydrogen-bond acceptors (Lipinski definition) is 3. The van der Waals surface area contributed by atoms with E-state index in [1.807, 2.05) is 13.8 Å². The number of fused-ring (bicyclic) bond motifs is 2. The maximum Gasteiger partial charge on any atom is 0.174 e. The Hall–Kier alpha value is -0.930. The van der Waals surface area contributed by atoms with Crippen LogP contribution in [0, 0.1) is 11.8 Å². The topological polar surface area (TPSA) is 57.5 Å². The molecule has 2 saturated carbocycles. The summed E-state index contributed by atoms with van der Waals surface area (Å²) in [5, 5.41) is 21.2. The van der Waals surface area contributed by atoms with Crippen LogP contribution in [0.1, 0.15) is 40.0 Å². The molecule has 2 bridgehead atoms. The van der Waals surface area contributed by atoms with Crippen LogP contribution in [0.5, 0.6) is 0 Å². The highest BCUT2D eigenvalue weighted by Gasteiger charge is 2.58. The molecular weight excluding hydrogens is 228 g/mol. The summed E-state index contributed by atoms with van der Waals surface area (Å²) >= 11 is 0. The number of ketones is 1. The molecule has 0 aromatic carbocycles. The van der Waals surface area contributed by atoms with Gasteiger partial charge in [-0.05, 0) is 40.0 Å². The molecule has 0 aromatic heterocycles. The van der Waals surface area contributed by atoms with Crippen LogP contribution in [0.25, 0.3) is 0 Å². The van der Waals surface area contributed by atoms with Gasteiger partial charge in [0.1, 0.15) is 5.60 Å². The zero-order chi connectivity index (χ0) is 13.7. The van der Waals surface area contributed by atoms with E-state index in [4.69, 9.17) is 0 Å². The number of allylic oxidation sites excluding steroid dienone is 1. The van der Waals surface area contributed by atoms with Crippen molar-refractivity contribution in [1.29, 1.82) is 0 Å². The molecule has 2 aliphatic rings. The van der Waals surface area contributed by atoms with Crippen molar-refractivity contribution in [3.05, 3.63) is 23.8 Å². The third kappa shape index (κ3) is 1.86. The van der Waals surface area contributed by atoms with E-state index >= 15 is 0 Å². The maximum atomic E-state index is 12.5. The summed E-state index contributed by atoms with van der Waals surface area (Å²) in [6.07, 6.45) is 3.45. The second-order valence-electron chi connectivity index (χ2n) is 6.25. The smallest absolute Gasteiger partial charge is 0.174 e. The van der Waals surface area contributed by atoms with E-state index in [2.05, 4.69) is 6.58 Å². The molecule has 0 aliphatic heterocycles. The van der Waals surface area contributed by atoms with Gasteiger partial charge in [0.05, 0.1) is 11.5 Å². The number of hydrogen-bond donors (Lipinski definition) is 2. The molecule has 18 heavy (non-hydrogen) atoms. The fraction of sp³-hybridized carbons (Fsp3) is 0.667. The molecule has 2 fully saturated rings. The van der Waals surface area contributed by atoms with Crippen LogP contribution in [-0.2, 0) is 4.79 Å². The van der Waals surface area contributed by atoms with Gasteiger partial charge in [-0.15, -0.1) is 0 Å². The minimum atomic E-state index is -1.40. The van der Waals surface area contributed by atoms with Gasteiger partial charge in [0.25, 0.3) is 0 Å². The second-order valence-corrected chi connectivity index (χ2v) is 6.25. The Bertz CT molecular complexity index is 429. The van der Waals surface area contributed by atoms with Crippen molar-refractivity contribution in [2.45, 2.75) is 51.2 Å². The van der Waals surface area contributed by atoms with Gasteiger partial charge < -0.3 is 10.2 Å². The summed E-state index contributed by atoms with van der Waals surface area (Å²) in [5.74, 6) is -1.18. The van der Waals surface area contributed by atoms with Crippen molar-refractivity contribution < 1.29 is 15.0 Å². The highest BCUT2D eigenvalue weighted by Crippen LogP contribution is 2.51. The first-order valence-electron chi connectivity index (χ1n) is 6.50. The van der Waals surface area contributed by atoms with Gasteiger partial charge in [-0.3, -0.25) is 4.79 Å². The van der Waals surface area contributed by atoms with Gasteiger partial charge in [-0.25, -0.2) is 0 Å². The first-order valence-corrected chi connectivity index (χ1v) is 6.50. The molecule has 2 N–H and O–H groups in total. The van der Waals surface area contributed by atoms with Gasteiger partial charge in [0, 0.05) is 5.92 Å². The Morgan fingerprint density at radius 2 is 2.06 bits per heavy atom. The Morgan fingerprint density at radius 3 is 2.61 bits per heavy atom. The van der Waals surface area contributed by atoms with E-state index in [0.29, 0.717) is 19.3 Å². The Morgan fingerprint density at radius 1 is 1.44 bits per heavy atom. The van der Waals surface area contributed by atoms with Crippen molar-refractivity contribution in [2.24, 2.45) is 11.8 Å². The minimum Gasteiger partial charge on any atom is -0.389 e. The highest BCUT2D eigenvalue weighted by molar-refractivity contribution is 5.93. The molecule has 3 heteroatoms. The Balaban J connectivity index is 2.48. The van der Waals surface area contributed by atoms with Gasteiger partial charge in [-0.1, -0.05) is 23.8 Å². The lowest BCUT2D eigenvalue weighted by Gasteiger charge is -2.52. The minimum absolute atomic E-state index is 0.275. The molecule has 2 rings (SSSR count). The van der Waals surface area contributed by atoms with Crippen LogP contribution < -0.4 is 0 Å². The van der Waals surface area contributed by atoms with E-state index in [0.717, 1.165) is 11.1 Å². The molecule has 0 saturated heterocycles. The van der Waals surface area contributed by atoms with E-state index in [1.165, 1.54) is 0 Å². The third-order valence-electron chi connectivity index (χ3n) is 4.47. The lowest BCUT2D eigenvalue weighted by molar-refractivity contribution is -0.171.